The van der Waals surface area contributed by atoms with Crippen molar-refractivity contribution in [1.82, 2.24) is 5.32 Å². The zero-order chi connectivity index (χ0) is 12.0. The molecule has 0 spiro atoms. The van der Waals surface area contributed by atoms with Crippen LogP contribution in [0.15, 0.2) is 17.5 Å². The summed E-state index contributed by atoms with van der Waals surface area (Å²) < 4.78 is 5.43. The molecule has 0 saturated heterocycles. The van der Waals surface area contributed by atoms with Gasteiger partial charge in [-0.15, -0.1) is 11.3 Å². The molecular weight excluding hydrogens is 222 g/mol. The maximum absolute atomic E-state index is 11.6. The van der Waals surface area contributed by atoms with E-state index in [4.69, 9.17) is 4.74 Å². The highest BCUT2D eigenvalue weighted by atomic mass is 32.1. The standard InChI is InChI=1S/C12H19NO2S/c1-9(2)8-15-10(3)12(14)13-7-11-5-4-6-16-11/h4-6,9-10H,7-8H2,1-3H3,(H,13,14). The number of amides is 1. The maximum Gasteiger partial charge on any atom is 0.249 e. The first kappa shape index (κ1) is 13.2. The van der Waals surface area contributed by atoms with Crippen molar-refractivity contribution in [2.75, 3.05) is 6.61 Å². The van der Waals surface area contributed by atoms with Crippen molar-refractivity contribution in [1.29, 1.82) is 0 Å². The summed E-state index contributed by atoms with van der Waals surface area (Å²) in [6.07, 6.45) is -0.373. The fourth-order valence-corrected chi connectivity index (χ4v) is 1.79. The van der Waals surface area contributed by atoms with Crippen LogP contribution in [0.5, 0.6) is 0 Å². The van der Waals surface area contributed by atoms with Gasteiger partial charge in [0.1, 0.15) is 6.10 Å². The summed E-state index contributed by atoms with van der Waals surface area (Å²) in [5, 5.41) is 4.86. The van der Waals surface area contributed by atoms with E-state index >= 15 is 0 Å². The van der Waals surface area contributed by atoms with Crippen LogP contribution < -0.4 is 5.32 Å². The summed E-state index contributed by atoms with van der Waals surface area (Å²) in [5.74, 6) is 0.404. The van der Waals surface area contributed by atoms with Crippen LogP contribution >= 0.6 is 11.3 Å². The smallest absolute Gasteiger partial charge is 0.249 e. The summed E-state index contributed by atoms with van der Waals surface area (Å²) in [4.78, 5) is 12.8. The number of hydrogen-bond acceptors (Lipinski definition) is 3. The minimum absolute atomic E-state index is 0.0472. The third kappa shape index (κ3) is 4.77. The van der Waals surface area contributed by atoms with Gasteiger partial charge in [0.05, 0.1) is 6.54 Å². The van der Waals surface area contributed by atoms with Gasteiger partial charge in [-0.05, 0) is 24.3 Å². The van der Waals surface area contributed by atoms with Gasteiger partial charge in [-0.3, -0.25) is 4.79 Å². The van der Waals surface area contributed by atoms with Crippen LogP contribution in [0.3, 0.4) is 0 Å². The lowest BCUT2D eigenvalue weighted by Gasteiger charge is -2.14. The Kier molecular flexibility index (Phi) is 5.49. The molecule has 0 aliphatic heterocycles. The number of nitrogens with one attached hydrogen (secondary N) is 1. The van der Waals surface area contributed by atoms with E-state index in [-0.39, 0.29) is 12.0 Å². The fourth-order valence-electron chi connectivity index (χ4n) is 1.14. The molecular formula is C12H19NO2S. The second-order valence-electron chi connectivity index (χ2n) is 4.17. The average Bonchev–Trinajstić information content (AvgIpc) is 2.75. The van der Waals surface area contributed by atoms with E-state index in [9.17, 15) is 4.79 Å². The summed E-state index contributed by atoms with van der Waals surface area (Å²) >= 11 is 1.64. The summed E-state index contributed by atoms with van der Waals surface area (Å²) in [6, 6.07) is 3.98. The maximum atomic E-state index is 11.6. The number of thiophene rings is 1. The largest absolute Gasteiger partial charge is 0.368 e. The number of rotatable bonds is 6. The minimum Gasteiger partial charge on any atom is -0.368 e. The zero-order valence-electron chi connectivity index (χ0n) is 10.0. The first-order valence-corrected chi connectivity index (χ1v) is 6.39. The van der Waals surface area contributed by atoms with Gasteiger partial charge in [0.25, 0.3) is 0 Å². The van der Waals surface area contributed by atoms with Crippen molar-refractivity contribution in [2.24, 2.45) is 5.92 Å². The topological polar surface area (TPSA) is 38.3 Å². The first-order chi connectivity index (χ1) is 7.59. The van der Waals surface area contributed by atoms with Crippen LogP contribution in [-0.4, -0.2) is 18.6 Å². The molecule has 1 aromatic rings. The van der Waals surface area contributed by atoms with Crippen molar-refractivity contribution in [3.05, 3.63) is 22.4 Å². The SMILES string of the molecule is CC(C)COC(C)C(=O)NCc1cccs1. The highest BCUT2D eigenvalue weighted by Crippen LogP contribution is 2.07. The van der Waals surface area contributed by atoms with Crippen molar-refractivity contribution in [2.45, 2.75) is 33.4 Å². The normalized spacial score (nSPS) is 12.8. The quantitative estimate of drug-likeness (QED) is 0.830. The molecule has 1 heterocycles. The van der Waals surface area contributed by atoms with Gasteiger partial charge in [0.2, 0.25) is 5.91 Å². The summed E-state index contributed by atoms with van der Waals surface area (Å²) in [7, 11) is 0. The Hall–Kier alpha value is -0.870. The van der Waals surface area contributed by atoms with E-state index in [2.05, 4.69) is 19.2 Å². The van der Waals surface area contributed by atoms with Crippen molar-refractivity contribution in [3.63, 3.8) is 0 Å². The molecule has 1 atom stereocenters. The molecule has 3 nitrogen and oxygen atoms in total. The van der Waals surface area contributed by atoms with Gasteiger partial charge in [0.15, 0.2) is 0 Å². The van der Waals surface area contributed by atoms with Crippen LogP contribution in [0.25, 0.3) is 0 Å². The number of ether oxygens (including phenoxy) is 1. The lowest BCUT2D eigenvalue weighted by atomic mass is 10.2. The fraction of sp³-hybridized carbons (Fsp3) is 0.583. The summed E-state index contributed by atoms with van der Waals surface area (Å²) in [6.45, 7) is 7.12. The first-order valence-electron chi connectivity index (χ1n) is 5.51. The van der Waals surface area contributed by atoms with Crippen molar-refractivity contribution in [3.8, 4) is 0 Å². The second kappa shape index (κ2) is 6.66. The van der Waals surface area contributed by atoms with Gasteiger partial charge in [-0.1, -0.05) is 19.9 Å². The molecule has 0 bridgehead atoms. The zero-order valence-corrected chi connectivity index (χ0v) is 10.8. The molecule has 4 heteroatoms. The van der Waals surface area contributed by atoms with Crippen LogP contribution in [0, 0.1) is 5.92 Å². The Morgan fingerprint density at radius 2 is 2.25 bits per heavy atom. The number of carbonyl (C=O) groups excluding carboxylic acids is 1. The highest BCUT2D eigenvalue weighted by molar-refractivity contribution is 7.09. The highest BCUT2D eigenvalue weighted by Gasteiger charge is 2.13. The van der Waals surface area contributed by atoms with Crippen molar-refractivity contribution >= 4 is 17.2 Å². The third-order valence-corrected chi connectivity index (χ3v) is 2.94. The molecule has 1 aromatic heterocycles. The molecule has 1 amide bonds. The Morgan fingerprint density at radius 1 is 1.50 bits per heavy atom. The number of carbonyl (C=O) groups is 1. The Balaban J connectivity index is 2.23. The monoisotopic (exact) mass is 241 g/mol. The van der Waals surface area contributed by atoms with Crippen molar-refractivity contribution < 1.29 is 9.53 Å². The Morgan fingerprint density at radius 3 is 2.81 bits per heavy atom. The molecule has 0 aliphatic carbocycles. The predicted octanol–water partition coefficient (Wildman–Crippen LogP) is 2.43. The van der Waals surface area contributed by atoms with E-state index in [1.54, 1.807) is 18.3 Å². The van der Waals surface area contributed by atoms with Gasteiger partial charge in [-0.25, -0.2) is 0 Å². The van der Waals surface area contributed by atoms with Gasteiger partial charge >= 0.3 is 0 Å². The van der Waals surface area contributed by atoms with Crippen LogP contribution in [-0.2, 0) is 16.1 Å². The van der Waals surface area contributed by atoms with E-state index in [1.165, 1.54) is 0 Å². The van der Waals surface area contributed by atoms with Crippen LogP contribution in [0.1, 0.15) is 25.6 Å². The lowest BCUT2D eigenvalue weighted by Crippen LogP contribution is -2.34. The molecule has 0 saturated carbocycles. The molecule has 1 unspecified atom stereocenters. The van der Waals surface area contributed by atoms with Crippen LogP contribution in [0.4, 0.5) is 0 Å². The second-order valence-corrected chi connectivity index (χ2v) is 5.20. The molecule has 1 rings (SSSR count). The average molecular weight is 241 g/mol. The predicted molar refractivity (Wildman–Crippen MR) is 66.4 cm³/mol. The molecule has 90 valence electrons. The lowest BCUT2D eigenvalue weighted by molar-refractivity contribution is -0.132. The number of hydrogen-bond donors (Lipinski definition) is 1. The molecule has 1 N–H and O–H groups in total. The Bertz CT molecular complexity index is 309. The molecule has 0 aromatic carbocycles. The Labute approximate surface area is 101 Å². The van der Waals surface area contributed by atoms with E-state index in [1.807, 2.05) is 17.5 Å². The third-order valence-electron chi connectivity index (χ3n) is 2.07. The van der Waals surface area contributed by atoms with E-state index in [0.717, 1.165) is 4.88 Å². The minimum atomic E-state index is -0.373. The van der Waals surface area contributed by atoms with Crippen LogP contribution in [0.2, 0.25) is 0 Å². The molecule has 0 aliphatic rings. The van der Waals surface area contributed by atoms with Gasteiger partial charge in [-0.2, -0.15) is 0 Å². The van der Waals surface area contributed by atoms with Gasteiger partial charge in [0, 0.05) is 11.5 Å². The molecule has 16 heavy (non-hydrogen) atoms. The van der Waals surface area contributed by atoms with E-state index < -0.39 is 0 Å². The van der Waals surface area contributed by atoms with E-state index in [0.29, 0.717) is 19.1 Å². The summed E-state index contributed by atoms with van der Waals surface area (Å²) in [5.41, 5.74) is 0. The van der Waals surface area contributed by atoms with Gasteiger partial charge < -0.3 is 10.1 Å². The molecule has 0 radical (unpaired) electrons. The molecule has 0 fully saturated rings.